The molecule has 0 saturated heterocycles. The van der Waals surface area contributed by atoms with Crippen LogP contribution in [0.25, 0.3) is 0 Å². The zero-order valence-electron chi connectivity index (χ0n) is 11.6. The normalized spacial score (nSPS) is 22.3. The van der Waals surface area contributed by atoms with Crippen LogP contribution in [0.5, 0.6) is 0 Å². The predicted octanol–water partition coefficient (Wildman–Crippen LogP) is 2.83. The molecule has 21 heavy (non-hydrogen) atoms. The maximum Gasteiger partial charge on any atom is 0.270 e. The van der Waals surface area contributed by atoms with Crippen LogP contribution >= 0.6 is 11.3 Å². The molecule has 110 valence electrons. The molecule has 0 unspecified atom stereocenters. The van der Waals surface area contributed by atoms with Crippen molar-refractivity contribution in [2.45, 2.75) is 44.1 Å². The van der Waals surface area contributed by atoms with Crippen LogP contribution in [0.1, 0.15) is 54.5 Å². The smallest absolute Gasteiger partial charge is 0.270 e. The van der Waals surface area contributed by atoms with E-state index in [1.54, 1.807) is 11.3 Å². The number of amides is 1. The minimum Gasteiger partial charge on any atom is -0.311 e. The number of rotatable bonds is 2. The minimum atomic E-state index is -0.111. The highest BCUT2D eigenvalue weighted by atomic mass is 32.1. The third-order valence-electron chi connectivity index (χ3n) is 4.53. The van der Waals surface area contributed by atoms with Crippen LogP contribution in [0.4, 0.5) is 5.82 Å². The zero-order chi connectivity index (χ0) is 14.4. The van der Waals surface area contributed by atoms with Crippen molar-refractivity contribution in [1.29, 1.82) is 0 Å². The summed E-state index contributed by atoms with van der Waals surface area (Å²) in [5.41, 5.74) is 0.666. The molecular weight excluding hydrogens is 286 g/mol. The van der Waals surface area contributed by atoms with E-state index in [2.05, 4.69) is 10.4 Å². The minimum absolute atomic E-state index is 0.00773. The van der Waals surface area contributed by atoms with Gasteiger partial charge >= 0.3 is 0 Å². The fourth-order valence-corrected chi connectivity index (χ4v) is 4.39. The average molecular weight is 303 g/mol. The Balaban J connectivity index is 1.84. The quantitative estimate of drug-likeness (QED) is 0.896. The number of anilines is 1. The molecule has 2 aliphatic rings. The van der Waals surface area contributed by atoms with Gasteiger partial charge in [-0.15, -0.1) is 11.3 Å². The molecule has 5 nitrogen and oxygen atoms in total. The lowest BCUT2D eigenvalue weighted by molar-refractivity contribution is -0.116. The number of hydrogen-bond acceptors (Lipinski definition) is 3. The first-order chi connectivity index (χ1) is 10.2. The number of hydrogen-bond donors (Lipinski definition) is 2. The zero-order valence-corrected chi connectivity index (χ0v) is 12.4. The van der Waals surface area contributed by atoms with Gasteiger partial charge in [0.05, 0.1) is 11.6 Å². The first-order valence-corrected chi connectivity index (χ1v) is 8.29. The van der Waals surface area contributed by atoms with Gasteiger partial charge in [-0.25, -0.2) is 0 Å². The Bertz CT molecular complexity index is 723. The lowest BCUT2D eigenvalue weighted by Gasteiger charge is -2.23. The highest BCUT2D eigenvalue weighted by Gasteiger charge is 2.34. The Morgan fingerprint density at radius 1 is 1.24 bits per heavy atom. The molecule has 6 heteroatoms. The third kappa shape index (κ3) is 2.05. The van der Waals surface area contributed by atoms with Crippen molar-refractivity contribution < 1.29 is 4.79 Å². The van der Waals surface area contributed by atoms with Gasteiger partial charge in [0.15, 0.2) is 0 Å². The predicted molar refractivity (Wildman–Crippen MR) is 82.0 cm³/mol. The summed E-state index contributed by atoms with van der Waals surface area (Å²) in [6.45, 7) is 0. The largest absolute Gasteiger partial charge is 0.311 e. The van der Waals surface area contributed by atoms with Crippen molar-refractivity contribution in [2.24, 2.45) is 0 Å². The van der Waals surface area contributed by atoms with E-state index in [-0.39, 0.29) is 17.4 Å². The Labute approximate surface area is 126 Å². The number of nitrogens with zero attached hydrogens (tertiary/aromatic N) is 1. The van der Waals surface area contributed by atoms with Crippen molar-refractivity contribution in [2.75, 3.05) is 5.32 Å². The van der Waals surface area contributed by atoms with E-state index in [9.17, 15) is 9.59 Å². The molecule has 1 amide bonds. The lowest BCUT2D eigenvalue weighted by Crippen LogP contribution is -2.26. The van der Waals surface area contributed by atoms with E-state index in [0.717, 1.165) is 23.3 Å². The van der Waals surface area contributed by atoms with Crippen LogP contribution in [0.3, 0.4) is 0 Å². The monoisotopic (exact) mass is 303 g/mol. The average Bonchev–Trinajstić information content (AvgIpc) is 3.18. The number of nitrogens with one attached hydrogen (secondary N) is 2. The number of carbonyl (C=O) groups is 1. The number of fused-ring (bicyclic) bond motifs is 1. The second-order valence-corrected chi connectivity index (χ2v) is 6.81. The highest BCUT2D eigenvalue weighted by molar-refractivity contribution is 7.10. The maximum absolute atomic E-state index is 12.4. The number of aromatic nitrogens is 2. The van der Waals surface area contributed by atoms with E-state index in [1.807, 2.05) is 22.2 Å². The van der Waals surface area contributed by atoms with Crippen molar-refractivity contribution in [3.05, 3.63) is 38.3 Å². The van der Waals surface area contributed by atoms with Gasteiger partial charge in [0, 0.05) is 17.2 Å². The van der Waals surface area contributed by atoms with Gasteiger partial charge in [0.1, 0.15) is 5.82 Å². The summed E-state index contributed by atoms with van der Waals surface area (Å²) < 4.78 is 1.91. The molecule has 3 heterocycles. The Kier molecular flexibility index (Phi) is 2.99. The van der Waals surface area contributed by atoms with Crippen LogP contribution in [0.2, 0.25) is 0 Å². The van der Waals surface area contributed by atoms with Crippen LogP contribution in [-0.4, -0.2) is 15.7 Å². The molecule has 0 aromatic carbocycles. The molecule has 2 N–H and O–H groups in total. The number of H-pyrrole nitrogens is 1. The molecule has 1 aliphatic carbocycles. The van der Waals surface area contributed by atoms with E-state index in [1.165, 1.54) is 12.8 Å². The summed E-state index contributed by atoms with van der Waals surface area (Å²) in [6, 6.07) is 4.28. The fourth-order valence-electron chi connectivity index (χ4n) is 3.55. The Hall–Kier alpha value is -1.82. The van der Waals surface area contributed by atoms with E-state index >= 15 is 0 Å². The standard InChI is InChI=1S/C15H17N3O2S/c19-12-8-10(11-6-3-7-21-11)13-14(16-12)18(17-15(13)20)9-4-1-2-5-9/h3,6-7,9-10H,1-2,4-5,8H2,(H,16,19)(H,17,20)/t10-/m0/s1. The van der Waals surface area contributed by atoms with Crippen LogP contribution in [-0.2, 0) is 4.79 Å². The molecule has 2 aromatic rings. The molecule has 1 fully saturated rings. The molecule has 0 radical (unpaired) electrons. The van der Waals surface area contributed by atoms with Gasteiger partial charge in [-0.1, -0.05) is 18.9 Å². The number of aromatic amines is 1. The summed E-state index contributed by atoms with van der Waals surface area (Å²) >= 11 is 1.60. The second kappa shape index (κ2) is 4.87. The third-order valence-corrected chi connectivity index (χ3v) is 5.52. The fraction of sp³-hybridized carbons (Fsp3) is 0.467. The summed E-state index contributed by atoms with van der Waals surface area (Å²) in [6.07, 6.45) is 4.85. The van der Waals surface area contributed by atoms with Gasteiger partial charge < -0.3 is 5.32 Å². The number of carbonyl (C=O) groups excluding carboxylic acids is 1. The lowest BCUT2D eigenvalue weighted by atomic mass is 9.92. The van der Waals surface area contributed by atoms with Crippen molar-refractivity contribution in [1.82, 2.24) is 9.78 Å². The van der Waals surface area contributed by atoms with E-state index in [0.29, 0.717) is 18.3 Å². The molecule has 2 aromatic heterocycles. The number of thiophene rings is 1. The summed E-state index contributed by atoms with van der Waals surface area (Å²) in [5.74, 6) is 0.577. The summed E-state index contributed by atoms with van der Waals surface area (Å²) in [4.78, 5) is 25.6. The summed E-state index contributed by atoms with van der Waals surface area (Å²) in [5, 5.41) is 7.87. The molecule has 1 atom stereocenters. The maximum atomic E-state index is 12.4. The molecule has 0 spiro atoms. The molecule has 1 aliphatic heterocycles. The van der Waals surface area contributed by atoms with Gasteiger partial charge in [-0.2, -0.15) is 0 Å². The van der Waals surface area contributed by atoms with Crippen molar-refractivity contribution >= 4 is 23.1 Å². The highest BCUT2D eigenvalue weighted by Crippen LogP contribution is 2.39. The second-order valence-electron chi connectivity index (χ2n) is 5.83. The topological polar surface area (TPSA) is 66.9 Å². The van der Waals surface area contributed by atoms with Crippen LogP contribution < -0.4 is 10.9 Å². The summed E-state index contributed by atoms with van der Waals surface area (Å²) in [7, 11) is 0. The SMILES string of the molecule is O=C1C[C@@H](c2cccs2)c2c(n(C3CCCC3)[nH]c2=O)N1. The van der Waals surface area contributed by atoms with E-state index in [4.69, 9.17) is 0 Å². The van der Waals surface area contributed by atoms with Crippen LogP contribution in [0, 0.1) is 0 Å². The van der Waals surface area contributed by atoms with Gasteiger partial charge in [0.25, 0.3) is 5.56 Å². The molecule has 0 bridgehead atoms. The van der Waals surface area contributed by atoms with Crippen molar-refractivity contribution in [3.63, 3.8) is 0 Å². The molecular formula is C15H17N3O2S. The first kappa shape index (κ1) is 12.9. The Morgan fingerprint density at radius 3 is 2.76 bits per heavy atom. The Morgan fingerprint density at radius 2 is 2.05 bits per heavy atom. The van der Waals surface area contributed by atoms with Gasteiger partial charge in [0.2, 0.25) is 5.91 Å². The van der Waals surface area contributed by atoms with Crippen LogP contribution in [0.15, 0.2) is 22.3 Å². The molecule has 1 saturated carbocycles. The van der Waals surface area contributed by atoms with E-state index < -0.39 is 0 Å². The van der Waals surface area contributed by atoms with Crippen molar-refractivity contribution in [3.8, 4) is 0 Å². The molecule has 4 rings (SSSR count). The van der Waals surface area contributed by atoms with Gasteiger partial charge in [-0.05, 0) is 24.3 Å². The van der Waals surface area contributed by atoms with Gasteiger partial charge in [-0.3, -0.25) is 19.4 Å². The first-order valence-electron chi connectivity index (χ1n) is 7.41.